The fourth-order valence-corrected chi connectivity index (χ4v) is 4.60. The maximum atomic E-state index is 15.4. The lowest BCUT2D eigenvalue weighted by Gasteiger charge is -2.33. The molecule has 0 aromatic heterocycles. The van der Waals surface area contributed by atoms with Crippen LogP contribution in [-0.2, 0) is 12.0 Å². The molecule has 2 aliphatic heterocycles. The van der Waals surface area contributed by atoms with Gasteiger partial charge in [0.15, 0.2) is 23.1 Å². The fraction of sp³-hybridized carbons (Fsp3) is 0.481. The number of fused-ring (bicyclic) bond motifs is 2. The maximum Gasteiger partial charge on any atom is 0.197 e. The second kappa shape index (κ2) is 10.7. The molecule has 4 rings (SSSR count). The summed E-state index contributed by atoms with van der Waals surface area (Å²) in [5.74, 6) is 0.376. The van der Waals surface area contributed by atoms with Crippen molar-refractivity contribution in [1.82, 2.24) is 4.90 Å². The summed E-state index contributed by atoms with van der Waals surface area (Å²) in [6.07, 6.45) is 0. The summed E-state index contributed by atoms with van der Waals surface area (Å²) in [5, 5.41) is 8.62. The summed E-state index contributed by atoms with van der Waals surface area (Å²) in [7, 11) is 1.99. The molecule has 0 saturated carbocycles. The number of rotatable bonds is 7. The summed E-state index contributed by atoms with van der Waals surface area (Å²) in [5.41, 5.74) is 2.97. The Morgan fingerprint density at radius 2 is 1.86 bits per heavy atom. The number of ketones is 1. The first-order valence-corrected chi connectivity index (χ1v) is 12.1. The van der Waals surface area contributed by atoms with Gasteiger partial charge in [-0.25, -0.2) is 4.39 Å². The zero-order valence-corrected chi connectivity index (χ0v) is 23.5. The van der Waals surface area contributed by atoms with Gasteiger partial charge >= 0.3 is 0 Å². The number of ether oxygens (including phenoxy) is 3. The van der Waals surface area contributed by atoms with E-state index < -0.39 is 5.82 Å². The lowest BCUT2D eigenvalue weighted by molar-refractivity contribution is 0.0962. The molecule has 36 heavy (non-hydrogen) atoms. The van der Waals surface area contributed by atoms with Crippen LogP contribution in [0.2, 0.25) is 0 Å². The zero-order chi connectivity index (χ0) is 25.5. The lowest BCUT2D eigenvalue weighted by Crippen LogP contribution is -2.33. The first-order valence-electron chi connectivity index (χ1n) is 12.1. The number of nitrogens with zero attached hydrogens (tertiary/aromatic N) is 2. The third-order valence-corrected chi connectivity index (χ3v) is 6.39. The summed E-state index contributed by atoms with van der Waals surface area (Å²) in [6, 6.07) is 5.48. The van der Waals surface area contributed by atoms with Gasteiger partial charge in [-0.05, 0) is 43.0 Å². The van der Waals surface area contributed by atoms with Crippen LogP contribution in [0, 0.1) is 11.2 Å². The molecular weight excluding hydrogens is 529 g/mol. The van der Waals surface area contributed by atoms with E-state index in [0.717, 1.165) is 23.5 Å². The van der Waals surface area contributed by atoms with Gasteiger partial charge in [-0.1, -0.05) is 20.8 Å². The predicted molar refractivity (Wildman–Crippen MR) is 145 cm³/mol. The number of anilines is 1. The van der Waals surface area contributed by atoms with E-state index in [9.17, 15) is 4.79 Å². The van der Waals surface area contributed by atoms with Crippen LogP contribution in [0.5, 0.6) is 17.2 Å². The molecule has 0 saturated heterocycles. The monoisotopic (exact) mass is 563 g/mol. The summed E-state index contributed by atoms with van der Waals surface area (Å²) in [6.45, 7) is 12.1. The molecule has 196 valence electrons. The van der Waals surface area contributed by atoms with E-state index in [1.165, 1.54) is 0 Å². The number of likely N-dealkylation sites (N-methyl/N-ethyl adjacent to an activating group) is 1. The number of benzene rings is 2. The van der Waals surface area contributed by atoms with Gasteiger partial charge in [0.25, 0.3) is 0 Å². The third-order valence-electron chi connectivity index (χ3n) is 6.39. The van der Waals surface area contributed by atoms with Crippen LogP contribution in [0.4, 0.5) is 10.1 Å². The van der Waals surface area contributed by atoms with Gasteiger partial charge < -0.3 is 24.0 Å². The molecule has 0 atom stereocenters. The third kappa shape index (κ3) is 5.03. The minimum atomic E-state index is -0.615. The molecular formula is C27H35BrFN3O4. The molecule has 7 nitrogen and oxygen atoms in total. The van der Waals surface area contributed by atoms with Crippen molar-refractivity contribution in [2.24, 2.45) is 0 Å². The van der Waals surface area contributed by atoms with Crippen LogP contribution in [0.1, 0.15) is 61.7 Å². The molecule has 9 heteroatoms. The maximum absolute atomic E-state index is 15.4. The Hall–Kier alpha value is -2.81. The zero-order valence-electron chi connectivity index (χ0n) is 21.8. The minimum Gasteiger partial charge on any atom is -0.490 e. The number of Topliss-reactive ketones (excluding diaryl/α,β-unsaturated/α-hetero) is 1. The largest absolute Gasteiger partial charge is 0.490 e. The molecule has 2 heterocycles. The predicted octanol–water partition coefficient (Wildman–Crippen LogP) is 5.35. The molecule has 0 amide bonds. The molecule has 0 unspecified atom stereocenters. The van der Waals surface area contributed by atoms with Crippen molar-refractivity contribution in [3.63, 3.8) is 0 Å². The molecule has 2 aromatic rings. The molecule has 0 fully saturated rings. The van der Waals surface area contributed by atoms with Crippen LogP contribution >= 0.6 is 17.0 Å². The molecule has 0 radical (unpaired) electrons. The van der Waals surface area contributed by atoms with E-state index >= 15 is 4.39 Å². The first kappa shape index (κ1) is 27.8. The molecule has 2 aromatic carbocycles. The standard InChI is InChI=1S/C27H34FN3O4.BrH/c1-7-33-21-13-17-14-31(26(29)22(17)23(28)25(21)34-8-2)15-20(32)16-11-18(27(3,4)5)24-19(12-16)30(6)9-10-35-24;/h11-13,29H,7-10,14-15H2,1-6H3;1H. The van der Waals surface area contributed by atoms with E-state index in [0.29, 0.717) is 30.1 Å². The van der Waals surface area contributed by atoms with Gasteiger partial charge in [0.2, 0.25) is 0 Å². The normalized spacial score (nSPS) is 14.6. The van der Waals surface area contributed by atoms with Crippen LogP contribution in [0.3, 0.4) is 0 Å². The Morgan fingerprint density at radius 1 is 1.17 bits per heavy atom. The van der Waals surface area contributed by atoms with Crippen molar-refractivity contribution in [1.29, 1.82) is 5.41 Å². The Balaban J connectivity index is 0.00000361. The van der Waals surface area contributed by atoms with Crippen LogP contribution in [0.25, 0.3) is 0 Å². The van der Waals surface area contributed by atoms with Gasteiger partial charge in [-0.15, -0.1) is 17.0 Å². The Morgan fingerprint density at radius 3 is 2.50 bits per heavy atom. The number of carbonyl (C=O) groups excluding carboxylic acids is 1. The van der Waals surface area contributed by atoms with E-state index in [4.69, 9.17) is 19.6 Å². The van der Waals surface area contributed by atoms with E-state index in [-0.39, 0.29) is 65.0 Å². The van der Waals surface area contributed by atoms with Crippen molar-refractivity contribution in [2.45, 2.75) is 46.6 Å². The number of hydrogen-bond donors (Lipinski definition) is 1. The van der Waals surface area contributed by atoms with Crippen molar-refractivity contribution >= 4 is 34.3 Å². The molecule has 0 aliphatic carbocycles. The average molecular weight is 564 g/mol. The first-order chi connectivity index (χ1) is 16.6. The number of amidine groups is 1. The van der Waals surface area contributed by atoms with Gasteiger partial charge in [0, 0.05) is 24.7 Å². The highest BCUT2D eigenvalue weighted by molar-refractivity contribution is 8.93. The molecule has 0 spiro atoms. The quantitative estimate of drug-likeness (QED) is 0.457. The smallest absolute Gasteiger partial charge is 0.197 e. The van der Waals surface area contributed by atoms with Gasteiger partial charge in [0.05, 0.1) is 37.6 Å². The second-order valence-corrected chi connectivity index (χ2v) is 9.94. The van der Waals surface area contributed by atoms with Crippen molar-refractivity contribution in [3.05, 3.63) is 46.3 Å². The SMILES string of the molecule is Br.CCOc1cc2c(c(F)c1OCC)C(=N)N(CC(=O)c1cc3c(c(C(C)(C)C)c1)OCCN3C)C2. The highest BCUT2D eigenvalue weighted by atomic mass is 79.9. The number of carbonyl (C=O) groups is 1. The molecule has 1 N–H and O–H groups in total. The summed E-state index contributed by atoms with van der Waals surface area (Å²) in [4.78, 5) is 17.1. The van der Waals surface area contributed by atoms with Crippen LogP contribution in [-0.4, -0.2) is 56.5 Å². The Kier molecular flexibility index (Phi) is 8.23. The summed E-state index contributed by atoms with van der Waals surface area (Å²) >= 11 is 0. The van der Waals surface area contributed by atoms with Gasteiger partial charge in [0.1, 0.15) is 18.2 Å². The van der Waals surface area contributed by atoms with Crippen molar-refractivity contribution in [2.75, 3.05) is 44.9 Å². The van der Waals surface area contributed by atoms with Crippen LogP contribution in [0.15, 0.2) is 18.2 Å². The van der Waals surface area contributed by atoms with E-state index in [2.05, 4.69) is 25.7 Å². The lowest BCUT2D eigenvalue weighted by atomic mass is 9.84. The number of nitrogens with one attached hydrogen (secondary N) is 1. The molecule has 2 aliphatic rings. The van der Waals surface area contributed by atoms with Gasteiger partial charge in [-0.2, -0.15) is 0 Å². The summed E-state index contributed by atoms with van der Waals surface area (Å²) < 4.78 is 32.4. The average Bonchev–Trinajstić information content (AvgIpc) is 3.10. The van der Waals surface area contributed by atoms with Crippen molar-refractivity contribution < 1.29 is 23.4 Å². The highest BCUT2D eigenvalue weighted by Crippen LogP contribution is 2.42. The topological polar surface area (TPSA) is 75.1 Å². The van der Waals surface area contributed by atoms with Crippen molar-refractivity contribution in [3.8, 4) is 17.2 Å². The van der Waals surface area contributed by atoms with E-state index in [1.807, 2.05) is 26.1 Å². The number of hydrogen-bond acceptors (Lipinski definition) is 6. The highest BCUT2D eigenvalue weighted by Gasteiger charge is 2.34. The Labute approximate surface area is 222 Å². The van der Waals surface area contributed by atoms with Crippen LogP contribution < -0.4 is 19.1 Å². The molecule has 0 bridgehead atoms. The second-order valence-electron chi connectivity index (χ2n) is 9.94. The minimum absolute atomic E-state index is 0. The Bertz CT molecular complexity index is 1180. The number of halogens is 2. The fourth-order valence-electron chi connectivity index (χ4n) is 4.60. The van der Waals surface area contributed by atoms with E-state index in [1.54, 1.807) is 17.9 Å². The van der Waals surface area contributed by atoms with Gasteiger partial charge in [-0.3, -0.25) is 10.2 Å².